The highest BCUT2D eigenvalue weighted by molar-refractivity contribution is 7.10. The van der Waals surface area contributed by atoms with Gasteiger partial charge >= 0.3 is 6.18 Å². The average molecular weight is 327 g/mol. The molecule has 1 aromatic carbocycles. The van der Waals surface area contributed by atoms with Crippen LogP contribution in [0, 0.1) is 5.92 Å². The summed E-state index contributed by atoms with van der Waals surface area (Å²) in [6, 6.07) is 8.02. The van der Waals surface area contributed by atoms with Gasteiger partial charge < -0.3 is 5.32 Å². The van der Waals surface area contributed by atoms with Gasteiger partial charge in [0.1, 0.15) is 0 Å². The third-order valence-corrected chi connectivity index (χ3v) is 4.21. The number of nitrogens with one attached hydrogen (secondary N) is 1. The summed E-state index contributed by atoms with van der Waals surface area (Å²) in [6.45, 7) is 3.91. The van der Waals surface area contributed by atoms with Crippen LogP contribution < -0.4 is 5.32 Å². The van der Waals surface area contributed by atoms with Crippen LogP contribution in [0.3, 0.4) is 0 Å². The van der Waals surface area contributed by atoms with E-state index >= 15 is 0 Å². The third-order valence-electron chi connectivity index (χ3n) is 3.26. The molecule has 0 aliphatic carbocycles. The molecule has 0 bridgehead atoms. The van der Waals surface area contributed by atoms with Crippen molar-refractivity contribution in [2.24, 2.45) is 5.92 Å². The lowest BCUT2D eigenvalue weighted by molar-refractivity contribution is -0.137. The fourth-order valence-corrected chi connectivity index (χ4v) is 3.04. The molecule has 0 radical (unpaired) electrons. The zero-order chi connectivity index (χ0) is 16.3. The maximum Gasteiger partial charge on any atom is 0.416 e. The standard InChI is InChI=1S/C16H16F3NOS/c1-10(2)14(13-7-4-8-22-13)20-15(21)11-5-3-6-12(9-11)16(17,18)19/h3-10,14H,1-2H3,(H,20,21). The summed E-state index contributed by atoms with van der Waals surface area (Å²) >= 11 is 1.51. The van der Waals surface area contributed by atoms with Gasteiger partial charge in [-0.1, -0.05) is 26.0 Å². The SMILES string of the molecule is CC(C)C(NC(=O)c1cccc(C(F)(F)F)c1)c1cccs1. The Morgan fingerprint density at radius 3 is 2.45 bits per heavy atom. The van der Waals surface area contributed by atoms with Crippen LogP contribution in [0.5, 0.6) is 0 Å². The van der Waals surface area contributed by atoms with Gasteiger partial charge in [0, 0.05) is 10.4 Å². The molecule has 1 aromatic heterocycles. The summed E-state index contributed by atoms with van der Waals surface area (Å²) in [5.74, 6) is -0.369. The Morgan fingerprint density at radius 2 is 1.91 bits per heavy atom. The lowest BCUT2D eigenvalue weighted by Gasteiger charge is -2.21. The lowest BCUT2D eigenvalue weighted by Crippen LogP contribution is -2.31. The Balaban J connectivity index is 2.21. The minimum Gasteiger partial charge on any atom is -0.344 e. The Labute approximate surface area is 131 Å². The Hall–Kier alpha value is -1.82. The Bertz CT molecular complexity index is 635. The predicted octanol–water partition coefficient (Wildman–Crippen LogP) is 4.89. The lowest BCUT2D eigenvalue weighted by atomic mass is 10.0. The topological polar surface area (TPSA) is 29.1 Å². The molecule has 0 saturated heterocycles. The number of thiophene rings is 1. The largest absolute Gasteiger partial charge is 0.416 e. The van der Waals surface area contributed by atoms with Crippen molar-refractivity contribution in [3.8, 4) is 0 Å². The number of carbonyl (C=O) groups excluding carboxylic acids is 1. The molecule has 118 valence electrons. The van der Waals surface area contributed by atoms with E-state index in [0.29, 0.717) is 0 Å². The van der Waals surface area contributed by atoms with Gasteiger partial charge in [-0.05, 0) is 35.6 Å². The van der Waals surface area contributed by atoms with E-state index in [1.165, 1.54) is 23.5 Å². The molecule has 22 heavy (non-hydrogen) atoms. The molecule has 1 unspecified atom stereocenters. The molecular formula is C16H16F3NOS. The second-order valence-corrected chi connectivity index (χ2v) is 6.27. The predicted molar refractivity (Wildman–Crippen MR) is 80.8 cm³/mol. The minimum absolute atomic E-state index is 0.0111. The van der Waals surface area contributed by atoms with Crippen molar-refractivity contribution in [1.29, 1.82) is 0 Å². The number of amides is 1. The van der Waals surface area contributed by atoms with E-state index in [1.54, 1.807) is 0 Å². The number of rotatable bonds is 4. The van der Waals surface area contributed by atoms with Gasteiger partial charge in [-0.25, -0.2) is 0 Å². The van der Waals surface area contributed by atoms with Crippen molar-refractivity contribution < 1.29 is 18.0 Å². The zero-order valence-corrected chi connectivity index (χ0v) is 13.0. The van der Waals surface area contributed by atoms with Crippen molar-refractivity contribution >= 4 is 17.2 Å². The van der Waals surface area contributed by atoms with Crippen LogP contribution in [0.2, 0.25) is 0 Å². The highest BCUT2D eigenvalue weighted by atomic mass is 32.1. The molecule has 2 rings (SSSR count). The van der Waals surface area contributed by atoms with Crippen molar-refractivity contribution in [3.05, 3.63) is 57.8 Å². The molecular weight excluding hydrogens is 311 g/mol. The van der Waals surface area contributed by atoms with Crippen LogP contribution in [-0.2, 0) is 6.18 Å². The average Bonchev–Trinajstić information content (AvgIpc) is 2.97. The fourth-order valence-electron chi connectivity index (χ4n) is 2.10. The molecule has 2 nitrogen and oxygen atoms in total. The highest BCUT2D eigenvalue weighted by Crippen LogP contribution is 2.30. The molecule has 2 aromatic rings. The van der Waals surface area contributed by atoms with Crippen LogP contribution in [0.1, 0.15) is 40.7 Å². The van der Waals surface area contributed by atoms with E-state index in [2.05, 4.69) is 5.32 Å². The van der Waals surface area contributed by atoms with Gasteiger partial charge in [-0.15, -0.1) is 11.3 Å². The van der Waals surface area contributed by atoms with Gasteiger partial charge in [0.2, 0.25) is 0 Å². The monoisotopic (exact) mass is 327 g/mol. The first-order valence-electron chi connectivity index (χ1n) is 6.80. The van der Waals surface area contributed by atoms with Gasteiger partial charge in [-0.2, -0.15) is 13.2 Å². The normalized spacial score (nSPS) is 13.2. The molecule has 6 heteroatoms. The van der Waals surface area contributed by atoms with Crippen molar-refractivity contribution in [2.45, 2.75) is 26.1 Å². The van der Waals surface area contributed by atoms with Crippen LogP contribution in [-0.4, -0.2) is 5.91 Å². The third kappa shape index (κ3) is 3.88. The molecule has 1 atom stereocenters. The van der Waals surface area contributed by atoms with E-state index in [-0.39, 0.29) is 17.5 Å². The smallest absolute Gasteiger partial charge is 0.344 e. The first kappa shape index (κ1) is 16.5. The number of benzene rings is 1. The number of halogens is 3. The molecule has 1 heterocycles. The Kier molecular flexibility index (Phi) is 4.90. The summed E-state index contributed by atoms with van der Waals surface area (Å²) in [4.78, 5) is 13.2. The minimum atomic E-state index is -4.46. The first-order valence-corrected chi connectivity index (χ1v) is 7.68. The van der Waals surface area contributed by atoms with Crippen molar-refractivity contribution in [1.82, 2.24) is 5.32 Å². The molecule has 0 saturated carbocycles. The first-order chi connectivity index (χ1) is 10.3. The second-order valence-electron chi connectivity index (χ2n) is 5.29. The van der Waals surface area contributed by atoms with Gasteiger partial charge in [0.15, 0.2) is 0 Å². The maximum atomic E-state index is 12.7. The van der Waals surface area contributed by atoms with E-state index in [0.717, 1.165) is 17.0 Å². The molecule has 0 spiro atoms. The van der Waals surface area contributed by atoms with E-state index in [9.17, 15) is 18.0 Å². The van der Waals surface area contributed by atoms with Crippen LogP contribution in [0.15, 0.2) is 41.8 Å². The zero-order valence-electron chi connectivity index (χ0n) is 12.1. The summed E-state index contributed by atoms with van der Waals surface area (Å²) in [6.07, 6.45) is -4.46. The van der Waals surface area contributed by atoms with Crippen molar-refractivity contribution in [3.63, 3.8) is 0 Å². The highest BCUT2D eigenvalue weighted by Gasteiger charge is 2.31. The summed E-state index contributed by atoms with van der Waals surface area (Å²) < 4.78 is 38.1. The number of alkyl halides is 3. The van der Waals surface area contributed by atoms with Crippen molar-refractivity contribution in [2.75, 3.05) is 0 Å². The van der Waals surface area contributed by atoms with Crippen LogP contribution >= 0.6 is 11.3 Å². The number of hydrogen-bond acceptors (Lipinski definition) is 2. The molecule has 1 N–H and O–H groups in total. The second kappa shape index (κ2) is 6.52. The van der Waals surface area contributed by atoms with Gasteiger partial charge in [0.05, 0.1) is 11.6 Å². The van der Waals surface area contributed by atoms with E-state index in [4.69, 9.17) is 0 Å². The molecule has 0 aliphatic heterocycles. The maximum absolute atomic E-state index is 12.7. The Morgan fingerprint density at radius 1 is 1.18 bits per heavy atom. The van der Waals surface area contributed by atoms with E-state index < -0.39 is 17.6 Å². The van der Waals surface area contributed by atoms with Gasteiger partial charge in [0.25, 0.3) is 5.91 Å². The quantitative estimate of drug-likeness (QED) is 0.851. The summed E-state index contributed by atoms with van der Waals surface area (Å²) in [7, 11) is 0. The number of carbonyl (C=O) groups is 1. The van der Waals surface area contributed by atoms with Crippen LogP contribution in [0.4, 0.5) is 13.2 Å². The molecule has 1 amide bonds. The summed E-state index contributed by atoms with van der Waals surface area (Å²) in [5, 5.41) is 4.72. The molecule has 0 fully saturated rings. The molecule has 0 aliphatic rings. The van der Waals surface area contributed by atoms with Crippen LogP contribution in [0.25, 0.3) is 0 Å². The number of hydrogen-bond donors (Lipinski definition) is 1. The van der Waals surface area contributed by atoms with Gasteiger partial charge in [-0.3, -0.25) is 4.79 Å². The van der Waals surface area contributed by atoms with E-state index in [1.807, 2.05) is 31.4 Å². The summed E-state index contributed by atoms with van der Waals surface area (Å²) in [5.41, 5.74) is -0.811. The fraction of sp³-hybridized carbons (Fsp3) is 0.312.